The van der Waals surface area contributed by atoms with Crippen LogP contribution in [0.15, 0.2) is 6.07 Å². The van der Waals surface area contributed by atoms with Crippen LogP contribution in [0.5, 0.6) is 0 Å². The first-order valence-electron chi connectivity index (χ1n) is 3.37. The summed E-state index contributed by atoms with van der Waals surface area (Å²) in [5, 5.41) is 14.2. The SMILES string of the molecule is Clc1cc2c(nn1)NCCN2. The van der Waals surface area contributed by atoms with E-state index in [2.05, 4.69) is 20.8 Å². The maximum atomic E-state index is 5.64. The number of halogens is 1. The molecule has 0 fully saturated rings. The highest BCUT2D eigenvalue weighted by Gasteiger charge is 2.08. The van der Waals surface area contributed by atoms with Crippen molar-refractivity contribution in [2.45, 2.75) is 0 Å². The minimum Gasteiger partial charge on any atom is -0.380 e. The second-order valence-corrected chi connectivity index (χ2v) is 2.67. The summed E-state index contributed by atoms with van der Waals surface area (Å²) in [5.41, 5.74) is 0.927. The second-order valence-electron chi connectivity index (χ2n) is 2.28. The summed E-state index contributed by atoms with van der Waals surface area (Å²) in [6, 6.07) is 1.76. The molecule has 0 aliphatic carbocycles. The predicted molar refractivity (Wildman–Crippen MR) is 44.0 cm³/mol. The minimum atomic E-state index is 0.417. The van der Waals surface area contributed by atoms with Crippen LogP contribution in [0, 0.1) is 0 Å². The summed E-state index contributed by atoms with van der Waals surface area (Å²) in [5.74, 6) is 0.778. The molecule has 2 heterocycles. The fourth-order valence-corrected chi connectivity index (χ4v) is 1.16. The van der Waals surface area contributed by atoms with Gasteiger partial charge in [0.1, 0.15) is 0 Å². The molecule has 0 radical (unpaired) electrons. The number of hydrogen-bond donors (Lipinski definition) is 2. The maximum Gasteiger partial charge on any atom is 0.172 e. The average Bonchev–Trinajstić information content (AvgIpc) is 2.04. The largest absolute Gasteiger partial charge is 0.380 e. The second kappa shape index (κ2) is 2.54. The lowest BCUT2D eigenvalue weighted by Gasteiger charge is -2.17. The molecule has 1 aliphatic rings. The Morgan fingerprint density at radius 1 is 1.27 bits per heavy atom. The standard InChI is InChI=1S/C6H7ClN4/c7-5-3-4-6(11-10-5)9-2-1-8-4/h3,8H,1-2H2,(H,9,11). The monoisotopic (exact) mass is 170 g/mol. The lowest BCUT2D eigenvalue weighted by Crippen LogP contribution is -2.21. The van der Waals surface area contributed by atoms with Crippen LogP contribution in [0.25, 0.3) is 0 Å². The topological polar surface area (TPSA) is 49.8 Å². The first-order valence-corrected chi connectivity index (χ1v) is 3.75. The molecule has 11 heavy (non-hydrogen) atoms. The third kappa shape index (κ3) is 1.21. The minimum absolute atomic E-state index is 0.417. The van der Waals surface area contributed by atoms with Crippen LogP contribution < -0.4 is 10.6 Å². The van der Waals surface area contributed by atoms with Gasteiger partial charge in [0.2, 0.25) is 0 Å². The molecule has 0 spiro atoms. The van der Waals surface area contributed by atoms with Gasteiger partial charge in [-0.2, -0.15) is 0 Å². The number of anilines is 2. The quantitative estimate of drug-likeness (QED) is 0.609. The van der Waals surface area contributed by atoms with Crippen LogP contribution >= 0.6 is 11.6 Å². The van der Waals surface area contributed by atoms with Gasteiger partial charge in [0.25, 0.3) is 0 Å². The molecule has 0 aromatic carbocycles. The Balaban J connectivity index is 2.43. The van der Waals surface area contributed by atoms with Gasteiger partial charge in [-0.25, -0.2) is 0 Å². The summed E-state index contributed by atoms with van der Waals surface area (Å²) in [7, 11) is 0. The van der Waals surface area contributed by atoms with Crippen molar-refractivity contribution in [1.29, 1.82) is 0 Å². The van der Waals surface area contributed by atoms with E-state index in [1.165, 1.54) is 0 Å². The number of nitrogens with zero attached hydrogens (tertiary/aromatic N) is 2. The molecule has 0 saturated carbocycles. The van der Waals surface area contributed by atoms with Gasteiger partial charge < -0.3 is 10.6 Å². The van der Waals surface area contributed by atoms with Crippen molar-refractivity contribution in [1.82, 2.24) is 10.2 Å². The van der Waals surface area contributed by atoms with Crippen molar-refractivity contribution < 1.29 is 0 Å². The molecule has 1 aromatic heterocycles. The molecular weight excluding hydrogens is 164 g/mol. The maximum absolute atomic E-state index is 5.64. The highest BCUT2D eigenvalue weighted by Crippen LogP contribution is 2.22. The lowest BCUT2D eigenvalue weighted by atomic mass is 10.3. The van der Waals surface area contributed by atoms with Crippen LogP contribution in [-0.4, -0.2) is 23.3 Å². The molecule has 0 bridgehead atoms. The zero-order valence-corrected chi connectivity index (χ0v) is 6.52. The average molecular weight is 171 g/mol. The molecule has 5 heteroatoms. The number of nitrogens with one attached hydrogen (secondary N) is 2. The third-order valence-corrected chi connectivity index (χ3v) is 1.68. The Kier molecular flexibility index (Phi) is 1.54. The third-order valence-electron chi connectivity index (χ3n) is 1.50. The van der Waals surface area contributed by atoms with E-state index in [0.29, 0.717) is 5.15 Å². The Labute approximate surface area is 69.0 Å². The Morgan fingerprint density at radius 2 is 2.09 bits per heavy atom. The van der Waals surface area contributed by atoms with E-state index in [9.17, 15) is 0 Å². The van der Waals surface area contributed by atoms with Gasteiger partial charge >= 0.3 is 0 Å². The number of rotatable bonds is 0. The fourth-order valence-electron chi connectivity index (χ4n) is 1.01. The normalized spacial score (nSPS) is 14.6. The van der Waals surface area contributed by atoms with Crippen molar-refractivity contribution in [3.63, 3.8) is 0 Å². The molecule has 58 valence electrons. The summed E-state index contributed by atoms with van der Waals surface area (Å²) in [4.78, 5) is 0. The molecule has 0 unspecified atom stereocenters. The van der Waals surface area contributed by atoms with Crippen molar-refractivity contribution in [2.75, 3.05) is 23.7 Å². The van der Waals surface area contributed by atoms with Gasteiger partial charge in [0, 0.05) is 19.2 Å². The number of aromatic nitrogens is 2. The van der Waals surface area contributed by atoms with Crippen molar-refractivity contribution in [3.8, 4) is 0 Å². The van der Waals surface area contributed by atoms with Crippen molar-refractivity contribution in [2.24, 2.45) is 0 Å². The summed E-state index contributed by atoms with van der Waals surface area (Å²) < 4.78 is 0. The van der Waals surface area contributed by atoms with E-state index >= 15 is 0 Å². The van der Waals surface area contributed by atoms with Gasteiger partial charge in [-0.15, -0.1) is 10.2 Å². The lowest BCUT2D eigenvalue weighted by molar-refractivity contribution is 0.958. The molecule has 2 N–H and O–H groups in total. The summed E-state index contributed by atoms with van der Waals surface area (Å²) >= 11 is 5.64. The van der Waals surface area contributed by atoms with E-state index in [4.69, 9.17) is 11.6 Å². The zero-order chi connectivity index (χ0) is 7.68. The van der Waals surface area contributed by atoms with Gasteiger partial charge in [-0.05, 0) is 0 Å². The van der Waals surface area contributed by atoms with Gasteiger partial charge in [0.05, 0.1) is 5.69 Å². The molecule has 1 aliphatic heterocycles. The molecule has 2 rings (SSSR count). The van der Waals surface area contributed by atoms with Gasteiger partial charge in [-0.3, -0.25) is 0 Å². The fraction of sp³-hybridized carbons (Fsp3) is 0.333. The van der Waals surface area contributed by atoms with Gasteiger partial charge in [-0.1, -0.05) is 11.6 Å². The first kappa shape index (κ1) is 6.67. The summed E-state index contributed by atoms with van der Waals surface area (Å²) in [6.07, 6.45) is 0. The first-order chi connectivity index (χ1) is 5.36. The zero-order valence-electron chi connectivity index (χ0n) is 5.76. The van der Waals surface area contributed by atoms with E-state index < -0.39 is 0 Å². The number of hydrogen-bond acceptors (Lipinski definition) is 4. The van der Waals surface area contributed by atoms with Crippen molar-refractivity contribution in [3.05, 3.63) is 11.2 Å². The van der Waals surface area contributed by atoms with Crippen LogP contribution in [0.4, 0.5) is 11.5 Å². The molecular formula is C6H7ClN4. The molecule has 0 amide bonds. The Bertz CT molecular complexity index is 275. The molecule has 4 nitrogen and oxygen atoms in total. The van der Waals surface area contributed by atoms with Crippen LogP contribution in [0.2, 0.25) is 5.15 Å². The molecule has 0 atom stereocenters. The predicted octanol–water partition coefficient (Wildman–Crippen LogP) is 0.967. The van der Waals surface area contributed by atoms with E-state index in [1.807, 2.05) is 0 Å². The number of fused-ring (bicyclic) bond motifs is 1. The van der Waals surface area contributed by atoms with E-state index in [1.54, 1.807) is 6.07 Å². The Morgan fingerprint density at radius 3 is 3.00 bits per heavy atom. The smallest absolute Gasteiger partial charge is 0.172 e. The Hall–Kier alpha value is -1.03. The highest BCUT2D eigenvalue weighted by molar-refractivity contribution is 6.29. The van der Waals surface area contributed by atoms with Crippen LogP contribution in [0.1, 0.15) is 0 Å². The summed E-state index contributed by atoms with van der Waals surface area (Å²) in [6.45, 7) is 1.78. The molecule has 1 aromatic rings. The van der Waals surface area contributed by atoms with Gasteiger partial charge in [0.15, 0.2) is 11.0 Å². The van der Waals surface area contributed by atoms with Crippen LogP contribution in [0.3, 0.4) is 0 Å². The highest BCUT2D eigenvalue weighted by atomic mass is 35.5. The van der Waals surface area contributed by atoms with Crippen LogP contribution in [-0.2, 0) is 0 Å². The van der Waals surface area contributed by atoms with Crippen molar-refractivity contribution >= 4 is 23.1 Å². The van der Waals surface area contributed by atoms with E-state index in [0.717, 1.165) is 24.6 Å². The van der Waals surface area contributed by atoms with E-state index in [-0.39, 0.29) is 0 Å². The molecule has 0 saturated heterocycles.